The Morgan fingerprint density at radius 1 is 1.31 bits per heavy atom. The molecule has 0 saturated heterocycles. The molecule has 4 aromatic rings. The number of halogens is 3. The molecule has 0 amide bonds. The van der Waals surface area contributed by atoms with E-state index >= 15 is 0 Å². The van der Waals surface area contributed by atoms with E-state index in [1.165, 1.54) is 7.11 Å². The number of pyridine rings is 1. The zero-order valence-electron chi connectivity index (χ0n) is 17.4. The van der Waals surface area contributed by atoms with Crippen LogP contribution < -0.4 is 4.74 Å². The number of fused-ring (bicyclic) bond motifs is 1. The van der Waals surface area contributed by atoms with Gasteiger partial charge in [-0.25, -0.2) is 14.3 Å². The fourth-order valence-electron chi connectivity index (χ4n) is 3.58. The van der Waals surface area contributed by atoms with Gasteiger partial charge >= 0.3 is 12.1 Å². The quantitative estimate of drug-likeness (QED) is 0.456. The highest BCUT2D eigenvalue weighted by atomic mass is 32.1. The Morgan fingerprint density at radius 3 is 2.62 bits per heavy atom. The van der Waals surface area contributed by atoms with Crippen LogP contribution in [0.4, 0.5) is 13.2 Å². The van der Waals surface area contributed by atoms with Gasteiger partial charge in [-0.1, -0.05) is 0 Å². The summed E-state index contributed by atoms with van der Waals surface area (Å²) in [6, 6.07) is 1.71. The lowest BCUT2D eigenvalue weighted by atomic mass is 10.0. The van der Waals surface area contributed by atoms with Gasteiger partial charge in [0.25, 0.3) is 0 Å². The molecule has 0 fully saturated rings. The maximum atomic E-state index is 13.3. The third-order valence-corrected chi connectivity index (χ3v) is 6.26. The maximum Gasteiger partial charge on any atom is 0.410 e. The standard InChI is InChI=1S/C20H18F3N5O3S/c1-9-15(10(2)28(26-9)11(3)20(21,22)23)13-8-24-27-6-5-12(7-14(13)27)18-25-17(31-4)16(32-18)19(29)30/h5-8,11H,1-4H3,(H,29,30). The van der Waals surface area contributed by atoms with Crippen LogP contribution in [0.1, 0.15) is 34.0 Å². The molecule has 32 heavy (non-hydrogen) atoms. The van der Waals surface area contributed by atoms with Crippen molar-refractivity contribution in [3.05, 3.63) is 40.8 Å². The third-order valence-electron chi connectivity index (χ3n) is 5.19. The number of ether oxygens (including phenoxy) is 1. The summed E-state index contributed by atoms with van der Waals surface area (Å²) in [5.74, 6) is -1.13. The Morgan fingerprint density at radius 2 is 2.03 bits per heavy atom. The van der Waals surface area contributed by atoms with Gasteiger partial charge in [0.1, 0.15) is 11.0 Å². The van der Waals surface area contributed by atoms with Crippen LogP contribution in [0.3, 0.4) is 0 Å². The average molecular weight is 465 g/mol. The first-order valence-corrected chi connectivity index (χ1v) is 10.2. The number of carbonyl (C=O) groups is 1. The summed E-state index contributed by atoms with van der Waals surface area (Å²) in [5, 5.41) is 18.2. The van der Waals surface area contributed by atoms with E-state index in [0.717, 1.165) is 22.9 Å². The SMILES string of the molecule is COc1nc(-c2ccn3ncc(-c4c(C)nn(C(C)C(F)(F)F)c4C)c3c2)sc1C(=O)O. The highest BCUT2D eigenvalue weighted by molar-refractivity contribution is 7.17. The minimum Gasteiger partial charge on any atom is -0.480 e. The fraction of sp³-hybridized carbons (Fsp3) is 0.300. The molecule has 1 unspecified atom stereocenters. The number of methoxy groups -OCH3 is 1. The number of carboxylic acid groups (broad SMARTS) is 1. The van der Waals surface area contributed by atoms with Gasteiger partial charge in [-0.2, -0.15) is 23.4 Å². The van der Waals surface area contributed by atoms with Crippen LogP contribution in [0.2, 0.25) is 0 Å². The van der Waals surface area contributed by atoms with Gasteiger partial charge in [0.15, 0.2) is 4.88 Å². The van der Waals surface area contributed by atoms with E-state index in [9.17, 15) is 23.1 Å². The smallest absolute Gasteiger partial charge is 0.410 e. The van der Waals surface area contributed by atoms with Crippen molar-refractivity contribution in [2.45, 2.75) is 33.0 Å². The molecule has 8 nitrogen and oxygen atoms in total. The summed E-state index contributed by atoms with van der Waals surface area (Å²) < 4.78 is 47.5. The second kappa shape index (κ2) is 7.62. The molecule has 0 bridgehead atoms. The van der Waals surface area contributed by atoms with Crippen molar-refractivity contribution in [3.63, 3.8) is 0 Å². The molecule has 0 aliphatic rings. The second-order valence-electron chi connectivity index (χ2n) is 7.17. The normalized spacial score (nSPS) is 13.0. The topological polar surface area (TPSA) is 94.5 Å². The summed E-state index contributed by atoms with van der Waals surface area (Å²) in [6.45, 7) is 4.31. The predicted molar refractivity (Wildman–Crippen MR) is 111 cm³/mol. The zero-order chi connectivity index (χ0) is 23.4. The molecule has 0 spiro atoms. The Kier molecular flexibility index (Phi) is 5.19. The summed E-state index contributed by atoms with van der Waals surface area (Å²) in [7, 11) is 1.34. The van der Waals surface area contributed by atoms with Crippen molar-refractivity contribution in [1.29, 1.82) is 0 Å². The molecule has 1 atom stereocenters. The molecular weight excluding hydrogens is 447 g/mol. The van der Waals surface area contributed by atoms with E-state index in [1.54, 1.807) is 42.9 Å². The van der Waals surface area contributed by atoms with Gasteiger partial charge in [0, 0.05) is 28.6 Å². The van der Waals surface area contributed by atoms with Crippen LogP contribution in [-0.2, 0) is 0 Å². The number of aromatic carboxylic acids is 1. The zero-order valence-corrected chi connectivity index (χ0v) is 18.2. The van der Waals surface area contributed by atoms with Crippen LogP contribution in [0.25, 0.3) is 27.2 Å². The van der Waals surface area contributed by atoms with Crippen molar-refractivity contribution < 1.29 is 27.8 Å². The first-order chi connectivity index (χ1) is 15.0. The molecule has 0 radical (unpaired) electrons. The molecule has 0 aliphatic heterocycles. The number of alkyl halides is 3. The minimum absolute atomic E-state index is 0.0141. The Balaban J connectivity index is 1.85. The Labute approximate surface area is 183 Å². The lowest BCUT2D eigenvalue weighted by Crippen LogP contribution is -2.25. The second-order valence-corrected chi connectivity index (χ2v) is 8.17. The summed E-state index contributed by atoms with van der Waals surface area (Å²) in [5.41, 5.74) is 3.25. The van der Waals surface area contributed by atoms with Crippen molar-refractivity contribution in [3.8, 4) is 27.6 Å². The number of carboxylic acids is 1. The highest BCUT2D eigenvalue weighted by Crippen LogP contribution is 2.38. The molecule has 0 aliphatic carbocycles. The number of hydrogen-bond donors (Lipinski definition) is 1. The van der Waals surface area contributed by atoms with Crippen molar-refractivity contribution >= 4 is 22.8 Å². The Hall–Kier alpha value is -3.41. The molecule has 168 valence electrons. The van der Waals surface area contributed by atoms with E-state index in [-0.39, 0.29) is 10.8 Å². The minimum atomic E-state index is -4.43. The third kappa shape index (κ3) is 3.49. The summed E-state index contributed by atoms with van der Waals surface area (Å²) in [4.78, 5) is 15.6. The maximum absolute atomic E-state index is 13.3. The lowest BCUT2D eigenvalue weighted by Gasteiger charge is -2.17. The van der Waals surface area contributed by atoms with Crippen molar-refractivity contribution in [1.82, 2.24) is 24.4 Å². The van der Waals surface area contributed by atoms with Gasteiger partial charge in [0.2, 0.25) is 5.88 Å². The number of rotatable bonds is 5. The van der Waals surface area contributed by atoms with Crippen LogP contribution in [0.15, 0.2) is 24.5 Å². The largest absolute Gasteiger partial charge is 0.480 e. The fourth-order valence-corrected chi connectivity index (χ4v) is 4.45. The molecule has 12 heteroatoms. The predicted octanol–water partition coefficient (Wildman–Crippen LogP) is 4.77. The van der Waals surface area contributed by atoms with Crippen LogP contribution >= 0.6 is 11.3 Å². The van der Waals surface area contributed by atoms with E-state index in [2.05, 4.69) is 15.2 Å². The van der Waals surface area contributed by atoms with Gasteiger partial charge in [0.05, 0.1) is 24.5 Å². The number of nitrogens with zero attached hydrogens (tertiary/aromatic N) is 5. The molecule has 0 saturated carbocycles. The first-order valence-electron chi connectivity index (χ1n) is 9.41. The van der Waals surface area contributed by atoms with E-state index in [0.29, 0.717) is 38.6 Å². The van der Waals surface area contributed by atoms with Gasteiger partial charge in [-0.15, -0.1) is 11.3 Å². The Bertz CT molecular complexity index is 1340. The average Bonchev–Trinajstić information content (AvgIpc) is 3.41. The van der Waals surface area contributed by atoms with E-state index < -0.39 is 18.2 Å². The van der Waals surface area contributed by atoms with Crippen LogP contribution in [0, 0.1) is 13.8 Å². The lowest BCUT2D eigenvalue weighted by molar-refractivity contribution is -0.165. The van der Waals surface area contributed by atoms with Crippen LogP contribution in [-0.4, -0.2) is 48.7 Å². The summed E-state index contributed by atoms with van der Waals surface area (Å²) >= 11 is 0.968. The molecule has 0 aromatic carbocycles. The van der Waals surface area contributed by atoms with E-state index in [1.807, 2.05) is 0 Å². The number of hydrogen-bond acceptors (Lipinski definition) is 6. The number of aryl methyl sites for hydroxylation is 1. The van der Waals surface area contributed by atoms with E-state index in [4.69, 9.17) is 4.74 Å². The van der Waals surface area contributed by atoms with Gasteiger partial charge < -0.3 is 9.84 Å². The highest BCUT2D eigenvalue weighted by Gasteiger charge is 2.39. The van der Waals surface area contributed by atoms with Crippen LogP contribution in [0.5, 0.6) is 5.88 Å². The molecule has 4 heterocycles. The molecule has 4 rings (SSSR count). The first kappa shape index (κ1) is 21.8. The van der Waals surface area contributed by atoms with Crippen molar-refractivity contribution in [2.75, 3.05) is 7.11 Å². The molecular formula is C20H18F3N5O3S. The number of aromatic nitrogens is 5. The van der Waals surface area contributed by atoms with Crippen molar-refractivity contribution in [2.24, 2.45) is 0 Å². The number of thiazole rings is 1. The molecule has 1 N–H and O–H groups in total. The monoisotopic (exact) mass is 465 g/mol. The van der Waals surface area contributed by atoms with Gasteiger partial charge in [-0.3, -0.25) is 4.68 Å². The summed E-state index contributed by atoms with van der Waals surface area (Å²) in [6.07, 6.45) is -1.18. The molecule has 4 aromatic heterocycles. The van der Waals surface area contributed by atoms with Gasteiger partial charge in [-0.05, 0) is 32.9 Å².